The maximum absolute atomic E-state index is 12.3. The molecule has 3 aromatic carbocycles. The van der Waals surface area contributed by atoms with Gasteiger partial charge in [0.15, 0.2) is 11.2 Å². The zero-order valence-corrected chi connectivity index (χ0v) is 17.4. The van der Waals surface area contributed by atoms with Gasteiger partial charge in [-0.05, 0) is 43.0 Å². The molecule has 30 heavy (non-hydrogen) atoms. The molecule has 1 saturated carbocycles. The molecule has 0 spiro atoms. The first-order valence-electron chi connectivity index (χ1n) is 10.3. The topological polar surface area (TPSA) is 58.9 Å². The molecule has 0 unspecified atom stereocenters. The Hall–Kier alpha value is -2.82. The van der Waals surface area contributed by atoms with Crippen molar-refractivity contribution in [3.63, 3.8) is 0 Å². The van der Waals surface area contributed by atoms with Crippen LogP contribution in [0.4, 0.5) is 0 Å². The number of benzene rings is 3. The number of methoxy groups -OCH3 is 1. The van der Waals surface area contributed by atoms with E-state index in [1.165, 1.54) is 0 Å². The van der Waals surface area contributed by atoms with E-state index in [0.717, 1.165) is 22.3 Å². The Morgan fingerprint density at radius 3 is 2.37 bits per heavy atom. The van der Waals surface area contributed by atoms with Gasteiger partial charge in [-0.3, -0.25) is 0 Å². The Bertz CT molecular complexity index is 1090. The van der Waals surface area contributed by atoms with Gasteiger partial charge >= 0.3 is 0 Å². The molecule has 4 atom stereocenters. The molecule has 5 rings (SSSR count). The van der Waals surface area contributed by atoms with Crippen LogP contribution in [0.15, 0.2) is 66.7 Å². The molecule has 4 heteroatoms. The average Bonchev–Trinajstić information content (AvgIpc) is 3.15. The number of ether oxygens (including phenoxy) is 2. The number of hydrogen-bond donors (Lipinski definition) is 2. The zero-order valence-electron chi connectivity index (χ0n) is 17.4. The van der Waals surface area contributed by atoms with Crippen molar-refractivity contribution in [1.82, 2.24) is 0 Å². The van der Waals surface area contributed by atoms with Crippen molar-refractivity contribution in [2.75, 3.05) is 7.11 Å². The SMILES string of the molecule is COc1cc(C)c2c(c1)O[C@@]1(c3ccc(C)cc3)[C@H](c3ccccc3)C[C@@H](O)[C@@]21O. The van der Waals surface area contributed by atoms with Crippen LogP contribution >= 0.6 is 0 Å². The first-order valence-corrected chi connectivity index (χ1v) is 10.3. The molecule has 0 saturated heterocycles. The molecule has 0 aromatic heterocycles. The molecule has 2 aliphatic rings. The van der Waals surface area contributed by atoms with Crippen molar-refractivity contribution in [3.05, 3.63) is 94.5 Å². The fourth-order valence-corrected chi connectivity index (χ4v) is 5.49. The van der Waals surface area contributed by atoms with Crippen LogP contribution in [-0.2, 0) is 11.2 Å². The average molecular weight is 402 g/mol. The molecule has 0 bridgehead atoms. The molecule has 0 amide bonds. The van der Waals surface area contributed by atoms with Gasteiger partial charge in [0.05, 0.1) is 13.2 Å². The highest BCUT2D eigenvalue weighted by atomic mass is 16.5. The third-order valence-corrected chi connectivity index (χ3v) is 6.84. The molecule has 3 aromatic rings. The highest BCUT2D eigenvalue weighted by Crippen LogP contribution is 2.67. The summed E-state index contributed by atoms with van der Waals surface area (Å²) in [5.74, 6) is 1.01. The molecule has 154 valence electrons. The highest BCUT2D eigenvalue weighted by molar-refractivity contribution is 5.59. The van der Waals surface area contributed by atoms with Crippen molar-refractivity contribution in [1.29, 1.82) is 0 Å². The Labute approximate surface area is 176 Å². The maximum Gasteiger partial charge on any atom is 0.176 e. The summed E-state index contributed by atoms with van der Waals surface area (Å²) < 4.78 is 12.2. The molecule has 2 N–H and O–H groups in total. The second-order valence-electron chi connectivity index (χ2n) is 8.50. The minimum Gasteiger partial charge on any atom is -0.497 e. The van der Waals surface area contributed by atoms with Crippen LogP contribution in [0.3, 0.4) is 0 Å². The summed E-state index contributed by atoms with van der Waals surface area (Å²) in [7, 11) is 1.61. The molecule has 4 nitrogen and oxygen atoms in total. The van der Waals surface area contributed by atoms with Crippen LogP contribution in [0, 0.1) is 13.8 Å². The van der Waals surface area contributed by atoms with Gasteiger partial charge in [0.1, 0.15) is 11.5 Å². The highest BCUT2D eigenvalue weighted by Gasteiger charge is 2.72. The van der Waals surface area contributed by atoms with Crippen molar-refractivity contribution >= 4 is 0 Å². The van der Waals surface area contributed by atoms with Gasteiger partial charge < -0.3 is 19.7 Å². The van der Waals surface area contributed by atoms with Gasteiger partial charge in [0.2, 0.25) is 0 Å². The number of aliphatic hydroxyl groups is 2. The lowest BCUT2D eigenvalue weighted by atomic mass is 9.70. The summed E-state index contributed by atoms with van der Waals surface area (Å²) in [6.45, 7) is 3.96. The smallest absolute Gasteiger partial charge is 0.176 e. The third kappa shape index (κ3) is 2.35. The van der Waals surface area contributed by atoms with Gasteiger partial charge in [0, 0.05) is 17.5 Å². The van der Waals surface area contributed by atoms with Crippen molar-refractivity contribution in [2.24, 2.45) is 0 Å². The minimum atomic E-state index is -1.57. The lowest BCUT2D eigenvalue weighted by Gasteiger charge is -2.41. The van der Waals surface area contributed by atoms with Crippen LogP contribution in [-0.4, -0.2) is 23.4 Å². The monoisotopic (exact) mass is 402 g/mol. The van der Waals surface area contributed by atoms with Crippen molar-refractivity contribution in [3.8, 4) is 11.5 Å². The first kappa shape index (κ1) is 19.2. The largest absolute Gasteiger partial charge is 0.497 e. The van der Waals surface area contributed by atoms with E-state index in [9.17, 15) is 10.2 Å². The molecule has 1 aliphatic carbocycles. The second kappa shape index (κ2) is 6.59. The molecule has 1 fully saturated rings. The van der Waals surface area contributed by atoms with E-state index in [-0.39, 0.29) is 5.92 Å². The lowest BCUT2D eigenvalue weighted by Crippen LogP contribution is -2.52. The van der Waals surface area contributed by atoms with E-state index >= 15 is 0 Å². The predicted molar refractivity (Wildman–Crippen MR) is 115 cm³/mol. The standard InChI is InChI=1S/C26H26O4/c1-16-9-11-19(12-10-16)26-21(18-7-5-4-6-8-18)15-23(27)25(26,28)24-17(2)13-20(29-3)14-22(24)30-26/h4-14,21,23,27-28H,15H2,1-3H3/t21-,23+,25+,26-/m0/s1. The van der Waals surface area contributed by atoms with Crippen LogP contribution in [0.2, 0.25) is 0 Å². The maximum atomic E-state index is 12.3. The summed E-state index contributed by atoms with van der Waals surface area (Å²) in [4.78, 5) is 0. The number of aliphatic hydroxyl groups excluding tert-OH is 1. The van der Waals surface area contributed by atoms with Gasteiger partial charge in [-0.15, -0.1) is 0 Å². The van der Waals surface area contributed by atoms with Crippen LogP contribution < -0.4 is 9.47 Å². The number of aryl methyl sites for hydroxylation is 2. The second-order valence-corrected chi connectivity index (χ2v) is 8.50. The zero-order chi connectivity index (χ0) is 21.1. The number of fused-ring (bicyclic) bond motifs is 3. The van der Waals surface area contributed by atoms with Gasteiger partial charge in [-0.1, -0.05) is 60.2 Å². The van der Waals surface area contributed by atoms with E-state index in [1.54, 1.807) is 7.11 Å². The fraction of sp³-hybridized carbons (Fsp3) is 0.308. The minimum absolute atomic E-state index is 0.223. The van der Waals surface area contributed by atoms with Crippen LogP contribution in [0.1, 0.15) is 40.2 Å². The normalized spacial score (nSPS) is 29.2. The third-order valence-electron chi connectivity index (χ3n) is 6.84. The summed E-state index contributed by atoms with van der Waals surface area (Å²) in [5, 5.41) is 23.6. The Morgan fingerprint density at radius 1 is 1.00 bits per heavy atom. The van der Waals surface area contributed by atoms with Gasteiger partial charge in [0.25, 0.3) is 0 Å². The van der Waals surface area contributed by atoms with Crippen molar-refractivity contribution < 1.29 is 19.7 Å². The first-order chi connectivity index (χ1) is 14.4. The van der Waals surface area contributed by atoms with E-state index in [1.807, 2.05) is 80.6 Å². The van der Waals surface area contributed by atoms with E-state index < -0.39 is 17.3 Å². The Balaban J connectivity index is 1.81. The summed E-state index contributed by atoms with van der Waals surface area (Å²) in [6.07, 6.45) is -0.573. The number of hydrogen-bond acceptors (Lipinski definition) is 4. The summed E-state index contributed by atoms with van der Waals surface area (Å²) in [5.41, 5.74) is 1.79. The van der Waals surface area contributed by atoms with Crippen molar-refractivity contribution in [2.45, 2.75) is 43.5 Å². The summed E-state index contributed by atoms with van der Waals surface area (Å²) in [6, 6.07) is 21.8. The van der Waals surface area contributed by atoms with Gasteiger partial charge in [-0.2, -0.15) is 0 Å². The van der Waals surface area contributed by atoms with E-state index in [0.29, 0.717) is 23.5 Å². The fourth-order valence-electron chi connectivity index (χ4n) is 5.49. The summed E-state index contributed by atoms with van der Waals surface area (Å²) >= 11 is 0. The molecular weight excluding hydrogens is 376 g/mol. The quantitative estimate of drug-likeness (QED) is 0.684. The lowest BCUT2D eigenvalue weighted by molar-refractivity contribution is -0.149. The van der Waals surface area contributed by atoms with E-state index in [4.69, 9.17) is 9.47 Å². The Kier molecular flexibility index (Phi) is 4.21. The Morgan fingerprint density at radius 2 is 1.70 bits per heavy atom. The molecule has 1 heterocycles. The van der Waals surface area contributed by atoms with Crippen LogP contribution in [0.25, 0.3) is 0 Å². The predicted octanol–water partition coefficient (Wildman–Crippen LogP) is 4.34. The number of rotatable bonds is 3. The molecule has 0 radical (unpaired) electrons. The van der Waals surface area contributed by atoms with Crippen LogP contribution in [0.5, 0.6) is 11.5 Å². The molecule has 1 aliphatic heterocycles. The molecular formula is C26H26O4. The van der Waals surface area contributed by atoms with E-state index in [2.05, 4.69) is 0 Å². The van der Waals surface area contributed by atoms with Gasteiger partial charge in [-0.25, -0.2) is 0 Å².